The lowest BCUT2D eigenvalue weighted by molar-refractivity contribution is 0.198. The van der Waals surface area contributed by atoms with E-state index in [0.29, 0.717) is 5.92 Å². The molecule has 0 aliphatic heterocycles. The molecule has 1 aromatic rings. The quantitative estimate of drug-likeness (QED) is 0.890. The Labute approximate surface area is 121 Å². The summed E-state index contributed by atoms with van der Waals surface area (Å²) in [6, 6.07) is 10.7. The Bertz CT molecular complexity index is 492. The third kappa shape index (κ3) is 3.13. The van der Waals surface area contributed by atoms with Crippen molar-refractivity contribution in [2.45, 2.75) is 57.6 Å². The molecule has 20 heavy (non-hydrogen) atoms. The first-order valence-electron chi connectivity index (χ1n) is 7.52. The summed E-state index contributed by atoms with van der Waals surface area (Å²) < 4.78 is 6.18. The molecule has 0 heterocycles. The van der Waals surface area contributed by atoms with Gasteiger partial charge in [-0.05, 0) is 36.9 Å². The fourth-order valence-electron chi connectivity index (χ4n) is 2.99. The number of rotatable bonds is 5. The second kappa shape index (κ2) is 6.28. The molecule has 1 saturated carbocycles. The van der Waals surface area contributed by atoms with Crippen molar-refractivity contribution in [1.82, 2.24) is 5.32 Å². The van der Waals surface area contributed by atoms with Crippen molar-refractivity contribution in [3.8, 4) is 11.8 Å². The predicted molar refractivity (Wildman–Crippen MR) is 80.8 cm³/mol. The number of hydrogen-bond donors (Lipinski definition) is 1. The minimum absolute atomic E-state index is 0.133. The largest absolute Gasteiger partial charge is 0.490 e. The highest BCUT2D eigenvalue weighted by atomic mass is 16.5. The van der Waals surface area contributed by atoms with Gasteiger partial charge in [0.15, 0.2) is 0 Å². The van der Waals surface area contributed by atoms with Gasteiger partial charge >= 0.3 is 0 Å². The fourth-order valence-corrected chi connectivity index (χ4v) is 2.99. The van der Waals surface area contributed by atoms with Crippen molar-refractivity contribution < 1.29 is 4.74 Å². The van der Waals surface area contributed by atoms with Gasteiger partial charge in [0.05, 0.1) is 6.07 Å². The van der Waals surface area contributed by atoms with Gasteiger partial charge in [-0.1, -0.05) is 39.0 Å². The summed E-state index contributed by atoms with van der Waals surface area (Å²) in [5.41, 5.74) is 0.844. The maximum absolute atomic E-state index is 9.41. The van der Waals surface area contributed by atoms with Crippen LogP contribution < -0.4 is 10.1 Å². The van der Waals surface area contributed by atoms with Gasteiger partial charge in [0, 0.05) is 6.42 Å². The van der Waals surface area contributed by atoms with Crippen LogP contribution in [0.4, 0.5) is 0 Å². The Balaban J connectivity index is 2.08. The van der Waals surface area contributed by atoms with Crippen LogP contribution in [0.5, 0.6) is 5.75 Å². The Morgan fingerprint density at radius 3 is 2.85 bits per heavy atom. The van der Waals surface area contributed by atoms with Crippen molar-refractivity contribution in [3.63, 3.8) is 0 Å². The maximum atomic E-state index is 9.41. The standard InChI is InChI=1S/C17H24N2O/c1-4-19-17(12-18)10-9-14(11-17)20-16-8-6-5-7-15(16)13(2)3/h5-8,13-14,19H,4,9-11H2,1-3H3. The van der Waals surface area contributed by atoms with Crippen LogP contribution in [0.3, 0.4) is 0 Å². The number of nitrogens with one attached hydrogen (secondary N) is 1. The van der Waals surface area contributed by atoms with E-state index in [1.54, 1.807) is 0 Å². The Kier molecular flexibility index (Phi) is 4.67. The summed E-state index contributed by atoms with van der Waals surface area (Å²) in [6.45, 7) is 7.22. The molecule has 2 rings (SSSR count). The lowest BCUT2D eigenvalue weighted by atomic mass is 10.00. The molecule has 3 nitrogen and oxygen atoms in total. The van der Waals surface area contributed by atoms with Crippen LogP contribution in [0, 0.1) is 11.3 Å². The minimum atomic E-state index is -0.397. The molecular weight excluding hydrogens is 248 g/mol. The Morgan fingerprint density at radius 1 is 1.45 bits per heavy atom. The molecule has 1 N–H and O–H groups in total. The molecular formula is C17H24N2O. The van der Waals surface area contributed by atoms with Crippen molar-refractivity contribution in [2.75, 3.05) is 6.54 Å². The fraction of sp³-hybridized carbons (Fsp3) is 0.588. The number of hydrogen-bond acceptors (Lipinski definition) is 3. The molecule has 2 unspecified atom stereocenters. The number of nitrogens with zero attached hydrogens (tertiary/aromatic N) is 1. The summed E-state index contributed by atoms with van der Waals surface area (Å²) in [5.74, 6) is 1.42. The highest BCUT2D eigenvalue weighted by molar-refractivity contribution is 5.36. The smallest absolute Gasteiger partial charge is 0.123 e. The van der Waals surface area contributed by atoms with E-state index < -0.39 is 5.54 Å². The van der Waals surface area contributed by atoms with Gasteiger partial charge in [0.25, 0.3) is 0 Å². The molecule has 0 amide bonds. The van der Waals surface area contributed by atoms with Gasteiger partial charge in [-0.15, -0.1) is 0 Å². The lowest BCUT2D eigenvalue weighted by Crippen LogP contribution is -2.42. The first kappa shape index (κ1) is 14.9. The summed E-state index contributed by atoms with van der Waals surface area (Å²) in [5, 5.41) is 12.7. The summed E-state index contributed by atoms with van der Waals surface area (Å²) in [6.07, 6.45) is 2.70. The van der Waals surface area contributed by atoms with Crippen molar-refractivity contribution in [3.05, 3.63) is 29.8 Å². The van der Waals surface area contributed by atoms with Crippen LogP contribution in [-0.2, 0) is 0 Å². The third-order valence-corrected chi connectivity index (χ3v) is 4.03. The third-order valence-electron chi connectivity index (χ3n) is 4.03. The number of nitriles is 1. The normalized spacial score (nSPS) is 25.6. The minimum Gasteiger partial charge on any atom is -0.490 e. The van der Waals surface area contributed by atoms with Crippen LogP contribution in [-0.4, -0.2) is 18.2 Å². The molecule has 1 aliphatic rings. The van der Waals surface area contributed by atoms with Crippen LogP contribution in [0.2, 0.25) is 0 Å². The van der Waals surface area contributed by atoms with Gasteiger partial charge in [-0.25, -0.2) is 0 Å². The van der Waals surface area contributed by atoms with E-state index in [-0.39, 0.29) is 6.10 Å². The molecule has 108 valence electrons. The second-order valence-corrected chi connectivity index (χ2v) is 5.90. The highest BCUT2D eigenvalue weighted by Crippen LogP contribution is 2.34. The van der Waals surface area contributed by atoms with E-state index in [0.717, 1.165) is 31.6 Å². The monoisotopic (exact) mass is 272 g/mol. The topological polar surface area (TPSA) is 45.0 Å². The number of para-hydroxylation sites is 1. The highest BCUT2D eigenvalue weighted by Gasteiger charge is 2.40. The molecule has 3 heteroatoms. The molecule has 0 radical (unpaired) electrons. The molecule has 0 bridgehead atoms. The molecule has 0 saturated heterocycles. The molecule has 1 aliphatic carbocycles. The van der Waals surface area contributed by atoms with Crippen LogP contribution in [0.25, 0.3) is 0 Å². The van der Waals surface area contributed by atoms with E-state index in [9.17, 15) is 5.26 Å². The molecule has 1 fully saturated rings. The summed E-state index contributed by atoms with van der Waals surface area (Å²) >= 11 is 0. The molecule has 0 aromatic heterocycles. The number of ether oxygens (including phenoxy) is 1. The van der Waals surface area contributed by atoms with E-state index >= 15 is 0 Å². The first-order valence-corrected chi connectivity index (χ1v) is 7.52. The van der Waals surface area contributed by atoms with Crippen molar-refractivity contribution in [2.24, 2.45) is 0 Å². The number of benzene rings is 1. The zero-order valence-electron chi connectivity index (χ0n) is 12.6. The van der Waals surface area contributed by atoms with E-state index in [2.05, 4.69) is 37.4 Å². The van der Waals surface area contributed by atoms with E-state index in [1.165, 1.54) is 5.56 Å². The van der Waals surface area contributed by atoms with Crippen LogP contribution in [0.1, 0.15) is 51.5 Å². The molecule has 1 aromatic carbocycles. The molecule has 2 atom stereocenters. The van der Waals surface area contributed by atoms with Gasteiger partial charge in [-0.3, -0.25) is 5.32 Å². The van der Waals surface area contributed by atoms with Gasteiger partial charge in [-0.2, -0.15) is 5.26 Å². The zero-order chi connectivity index (χ0) is 14.6. The average molecular weight is 272 g/mol. The maximum Gasteiger partial charge on any atom is 0.123 e. The summed E-state index contributed by atoms with van der Waals surface area (Å²) in [4.78, 5) is 0. The Hall–Kier alpha value is -1.53. The van der Waals surface area contributed by atoms with Crippen molar-refractivity contribution in [1.29, 1.82) is 5.26 Å². The predicted octanol–water partition coefficient (Wildman–Crippen LogP) is 3.61. The van der Waals surface area contributed by atoms with Crippen LogP contribution in [0.15, 0.2) is 24.3 Å². The van der Waals surface area contributed by atoms with Crippen LogP contribution >= 0.6 is 0 Å². The zero-order valence-corrected chi connectivity index (χ0v) is 12.6. The first-order chi connectivity index (χ1) is 9.60. The van der Waals surface area contributed by atoms with Gasteiger partial charge < -0.3 is 4.74 Å². The van der Waals surface area contributed by atoms with E-state index in [1.807, 2.05) is 19.1 Å². The molecule has 0 spiro atoms. The van der Waals surface area contributed by atoms with Crippen molar-refractivity contribution >= 4 is 0 Å². The van der Waals surface area contributed by atoms with E-state index in [4.69, 9.17) is 4.74 Å². The SMILES string of the molecule is CCNC1(C#N)CCC(Oc2ccccc2C(C)C)C1. The van der Waals surface area contributed by atoms with Gasteiger partial charge in [0.2, 0.25) is 0 Å². The Morgan fingerprint density at radius 2 is 2.20 bits per heavy atom. The van der Waals surface area contributed by atoms with Gasteiger partial charge in [0.1, 0.15) is 17.4 Å². The lowest BCUT2D eigenvalue weighted by Gasteiger charge is -2.23. The average Bonchev–Trinajstić information content (AvgIpc) is 2.83. The second-order valence-electron chi connectivity index (χ2n) is 5.90. The summed E-state index contributed by atoms with van der Waals surface area (Å²) in [7, 11) is 0.